The summed E-state index contributed by atoms with van der Waals surface area (Å²) in [4.78, 5) is 1.14. The highest BCUT2D eigenvalue weighted by Gasteiger charge is 2.27. The Morgan fingerprint density at radius 2 is 1.74 bits per heavy atom. The minimum absolute atomic E-state index is 0.463. The molecule has 0 fully saturated rings. The summed E-state index contributed by atoms with van der Waals surface area (Å²) in [5.41, 5.74) is 8.23. The lowest BCUT2D eigenvalue weighted by atomic mass is 10.00. The molecule has 11 heteroatoms. The first-order valence-electron chi connectivity index (χ1n) is 15.3. The van der Waals surface area contributed by atoms with Gasteiger partial charge in [0.25, 0.3) is 0 Å². The molecule has 0 unspecified atom stereocenters. The van der Waals surface area contributed by atoms with Crippen LogP contribution >= 0.6 is 35.1 Å². The number of rotatable bonds is 1. The van der Waals surface area contributed by atoms with Crippen molar-refractivity contribution in [3.05, 3.63) is 93.5 Å². The molecule has 1 aliphatic rings. The predicted octanol–water partition coefficient (Wildman–Crippen LogP) is 7.46. The van der Waals surface area contributed by atoms with Crippen LogP contribution in [0.3, 0.4) is 0 Å². The van der Waals surface area contributed by atoms with Crippen molar-refractivity contribution < 1.29 is 14.9 Å². The average Bonchev–Trinajstić information content (AvgIpc) is 3.62. The van der Waals surface area contributed by atoms with E-state index in [1.54, 1.807) is 23.5 Å². The Kier molecular flexibility index (Phi) is 8.58. The predicted molar refractivity (Wildman–Crippen MR) is 188 cm³/mol. The van der Waals surface area contributed by atoms with Gasteiger partial charge in [-0.2, -0.15) is 22.0 Å². The van der Waals surface area contributed by atoms with Crippen LogP contribution in [0.15, 0.2) is 59.5 Å². The second kappa shape index (κ2) is 12.7. The van der Waals surface area contributed by atoms with Gasteiger partial charge in [-0.05, 0) is 55.0 Å². The van der Waals surface area contributed by atoms with Crippen LogP contribution in [0.5, 0.6) is 5.75 Å². The largest absolute Gasteiger partial charge is 0.493 e. The van der Waals surface area contributed by atoms with E-state index in [2.05, 4.69) is 36.4 Å². The Labute approximate surface area is 281 Å². The average molecular weight is 674 g/mol. The van der Waals surface area contributed by atoms with Gasteiger partial charge < -0.3 is 19.5 Å². The number of aromatic nitrogens is 5. The van der Waals surface area contributed by atoms with Gasteiger partial charge in [0, 0.05) is 70.9 Å². The fourth-order valence-corrected chi connectivity index (χ4v) is 8.93. The minimum Gasteiger partial charge on any atom is -0.493 e. The minimum atomic E-state index is -1.64. The van der Waals surface area contributed by atoms with Crippen LogP contribution in [0.1, 0.15) is 46.6 Å². The van der Waals surface area contributed by atoms with Gasteiger partial charge in [0.1, 0.15) is 5.75 Å². The molecule has 6 aromatic rings. The third-order valence-corrected chi connectivity index (χ3v) is 11.1. The number of fused-ring (bicyclic) bond motifs is 8. The molecule has 0 saturated carbocycles. The molecular weight excluding hydrogens is 638 g/mol. The van der Waals surface area contributed by atoms with E-state index in [1.807, 2.05) is 60.2 Å². The van der Waals surface area contributed by atoms with Crippen LogP contribution in [-0.2, 0) is 44.8 Å². The zero-order chi connectivity index (χ0) is 32.1. The van der Waals surface area contributed by atoms with E-state index < -0.39 is 6.29 Å². The summed E-state index contributed by atoms with van der Waals surface area (Å²) in [6.07, 6.45) is -0.352. The summed E-state index contributed by atoms with van der Waals surface area (Å²) in [5, 5.41) is 34.6. The topological polar surface area (TPSA) is 90.3 Å². The molecule has 1 aliphatic heterocycles. The molecule has 0 radical (unpaired) electrons. The van der Waals surface area contributed by atoms with Gasteiger partial charge in [-0.15, -0.1) is 11.8 Å². The molecule has 7 rings (SSSR count). The first kappa shape index (κ1) is 31.2. The van der Waals surface area contributed by atoms with Gasteiger partial charge in [0.05, 0.1) is 39.9 Å². The van der Waals surface area contributed by atoms with Crippen LogP contribution in [0.2, 0.25) is 5.02 Å². The monoisotopic (exact) mass is 673 g/mol. The third-order valence-electron chi connectivity index (χ3n) is 8.82. The highest BCUT2D eigenvalue weighted by molar-refractivity contribution is 7.98. The lowest BCUT2D eigenvalue weighted by Crippen LogP contribution is -2.08. The van der Waals surface area contributed by atoms with Crippen molar-refractivity contribution in [2.45, 2.75) is 48.2 Å². The quantitative estimate of drug-likeness (QED) is 0.175. The lowest BCUT2D eigenvalue weighted by Gasteiger charge is -2.13. The van der Waals surface area contributed by atoms with Gasteiger partial charge in [-0.1, -0.05) is 41.9 Å². The number of aryl methyl sites for hydroxylation is 5. The first-order chi connectivity index (χ1) is 22.2. The van der Waals surface area contributed by atoms with Crippen molar-refractivity contribution in [1.29, 1.82) is 0 Å². The summed E-state index contributed by atoms with van der Waals surface area (Å²) in [6, 6.07) is 18.7. The maximum absolute atomic E-state index is 10.6. The molecule has 0 saturated heterocycles. The summed E-state index contributed by atoms with van der Waals surface area (Å²) in [7, 11) is 5.83. The summed E-state index contributed by atoms with van der Waals surface area (Å²) in [6.45, 7) is 2.51. The number of ether oxygens (including phenoxy) is 1. The Balaban J connectivity index is 1.36. The number of nitrogens with zero attached hydrogens (tertiary/aromatic N) is 5. The lowest BCUT2D eigenvalue weighted by molar-refractivity contribution is -0.0481. The van der Waals surface area contributed by atoms with Crippen molar-refractivity contribution >= 4 is 56.8 Å². The Morgan fingerprint density at radius 1 is 0.913 bits per heavy atom. The Hall–Kier alpha value is -3.41. The van der Waals surface area contributed by atoms with E-state index in [0.717, 1.165) is 83.4 Å². The van der Waals surface area contributed by atoms with Crippen LogP contribution in [0.25, 0.3) is 32.9 Å². The highest BCUT2D eigenvalue weighted by atomic mass is 35.5. The SMILES string of the molecule is Cc1nn(C)c2c1CSCc1cc(n(C)n1)CSc1cc(c3ccccc3c1)OCCCc1c(C(O)O)n(C)c3c-2c(Cl)ccc13. The molecule has 0 atom stereocenters. The van der Waals surface area contributed by atoms with Gasteiger partial charge in [-0.25, -0.2) is 0 Å². The van der Waals surface area contributed by atoms with Crippen LogP contribution in [-0.4, -0.2) is 40.9 Å². The molecule has 8 nitrogen and oxygen atoms in total. The van der Waals surface area contributed by atoms with Gasteiger partial charge >= 0.3 is 0 Å². The number of halogens is 1. The number of benzene rings is 3. The number of hydrogen-bond donors (Lipinski definition) is 2. The number of hydrogen-bond acceptors (Lipinski definition) is 7. The second-order valence-corrected chi connectivity index (χ2v) is 14.2. The highest BCUT2D eigenvalue weighted by Crippen LogP contribution is 2.43. The molecular formula is C35H36ClN5O3S2. The number of aliphatic hydroxyl groups is 2. The normalized spacial score (nSPS) is 14.5. The van der Waals surface area contributed by atoms with E-state index >= 15 is 0 Å². The molecule has 46 heavy (non-hydrogen) atoms. The van der Waals surface area contributed by atoms with Crippen molar-refractivity contribution in [2.24, 2.45) is 21.1 Å². The molecule has 3 aromatic heterocycles. The van der Waals surface area contributed by atoms with E-state index in [4.69, 9.17) is 26.5 Å². The Bertz CT molecular complexity index is 2100. The molecule has 0 spiro atoms. The van der Waals surface area contributed by atoms with E-state index in [0.29, 0.717) is 30.2 Å². The fraction of sp³-hybridized carbons (Fsp3) is 0.314. The van der Waals surface area contributed by atoms with Crippen LogP contribution in [0.4, 0.5) is 0 Å². The van der Waals surface area contributed by atoms with Crippen molar-refractivity contribution in [1.82, 2.24) is 24.1 Å². The second-order valence-electron chi connectivity index (χ2n) is 11.8. The van der Waals surface area contributed by atoms with Crippen molar-refractivity contribution in [3.63, 3.8) is 0 Å². The number of aliphatic hydroxyl groups excluding tert-OH is 1. The van der Waals surface area contributed by atoms with Crippen LogP contribution in [0, 0.1) is 6.92 Å². The first-order valence-corrected chi connectivity index (χ1v) is 17.8. The summed E-state index contributed by atoms with van der Waals surface area (Å²) < 4.78 is 12.2. The molecule has 2 N–H and O–H groups in total. The maximum atomic E-state index is 10.6. The van der Waals surface area contributed by atoms with Crippen LogP contribution < -0.4 is 4.74 Å². The van der Waals surface area contributed by atoms with Gasteiger partial charge in [0.2, 0.25) is 0 Å². The van der Waals surface area contributed by atoms with Crippen molar-refractivity contribution in [2.75, 3.05) is 6.61 Å². The van der Waals surface area contributed by atoms with Crippen molar-refractivity contribution in [3.8, 4) is 17.0 Å². The Morgan fingerprint density at radius 3 is 2.57 bits per heavy atom. The maximum Gasteiger partial charge on any atom is 0.194 e. The zero-order valence-corrected chi connectivity index (χ0v) is 28.6. The third kappa shape index (κ3) is 5.60. The molecule has 3 aromatic carbocycles. The summed E-state index contributed by atoms with van der Waals surface area (Å²) >= 11 is 10.6. The molecule has 8 bridgehead atoms. The number of thioether (sulfide) groups is 2. The molecule has 4 heterocycles. The molecule has 0 amide bonds. The molecule has 238 valence electrons. The van der Waals surface area contributed by atoms with E-state index in [-0.39, 0.29) is 0 Å². The van der Waals surface area contributed by atoms with Gasteiger partial charge in [0.15, 0.2) is 6.29 Å². The standard InChI is InChI=1S/C35H36ClN5O3S2/c1-20-28-19-45-17-22-15-23(40(3)38-22)18-46-24-14-21-8-5-6-9-25(21)30(16-24)44-13-7-10-26-27-11-12-29(36)31(33(28)41(4)37-20)32(27)39(2)34(26)35(42)43/h5-6,8-9,11-12,14-16,35,42-43H,7,10,13,17-19H2,1-4H3. The molecule has 0 aliphatic carbocycles. The van der Waals surface area contributed by atoms with E-state index in [1.165, 1.54) is 5.69 Å². The smallest absolute Gasteiger partial charge is 0.194 e. The van der Waals surface area contributed by atoms with Gasteiger partial charge in [-0.3, -0.25) is 9.36 Å². The van der Waals surface area contributed by atoms with E-state index in [9.17, 15) is 10.2 Å². The summed E-state index contributed by atoms with van der Waals surface area (Å²) in [5.74, 6) is 3.13. The fourth-order valence-electron chi connectivity index (χ4n) is 6.70. The zero-order valence-electron chi connectivity index (χ0n) is 26.2.